The zero-order chi connectivity index (χ0) is 25.2. The number of anilines is 1. The number of ether oxygens (including phenoxy) is 1. The average Bonchev–Trinajstić information content (AvgIpc) is 3.49. The molecule has 0 unspecified atom stereocenters. The number of aromatic nitrogens is 2. The number of aliphatic hydroxyl groups excluding tert-OH is 1. The van der Waals surface area contributed by atoms with Gasteiger partial charge in [0, 0.05) is 19.3 Å². The van der Waals surface area contributed by atoms with Crippen LogP contribution < -0.4 is 10.9 Å². The van der Waals surface area contributed by atoms with E-state index in [-0.39, 0.29) is 29.7 Å². The molecule has 1 aromatic carbocycles. The van der Waals surface area contributed by atoms with Crippen LogP contribution in [-0.4, -0.2) is 55.4 Å². The summed E-state index contributed by atoms with van der Waals surface area (Å²) in [5.41, 5.74) is 1.99. The number of nitrogens with one attached hydrogen (secondary N) is 1. The Labute approximate surface area is 218 Å². The number of aryl methyl sites for hydroxylation is 1. The van der Waals surface area contributed by atoms with E-state index in [1.807, 2.05) is 43.3 Å². The van der Waals surface area contributed by atoms with Crippen molar-refractivity contribution in [3.05, 3.63) is 80.6 Å². The number of thioether (sulfide) groups is 1. The molecule has 10 heteroatoms. The summed E-state index contributed by atoms with van der Waals surface area (Å²) in [6.45, 7) is 3.11. The molecule has 2 aromatic heterocycles. The van der Waals surface area contributed by atoms with Crippen LogP contribution in [0, 0.1) is 6.92 Å². The van der Waals surface area contributed by atoms with E-state index in [0.29, 0.717) is 33.8 Å². The number of fused-ring (bicyclic) bond motifs is 1. The number of carbonyl (C=O) groups excluding carboxylic acids is 1. The second-order valence-electron chi connectivity index (χ2n) is 8.80. The number of pyridine rings is 1. The molecule has 2 N–H and O–H groups in total. The van der Waals surface area contributed by atoms with Gasteiger partial charge in [0.1, 0.15) is 15.8 Å². The van der Waals surface area contributed by atoms with Crippen LogP contribution in [0.2, 0.25) is 0 Å². The second-order valence-corrected chi connectivity index (χ2v) is 10.5. The zero-order valence-electron chi connectivity index (χ0n) is 19.7. The van der Waals surface area contributed by atoms with Gasteiger partial charge < -0.3 is 15.2 Å². The monoisotopic (exact) mass is 522 g/mol. The molecular formula is C26H26N4O4S2. The molecule has 2 atom stereocenters. The van der Waals surface area contributed by atoms with E-state index in [1.54, 1.807) is 23.2 Å². The fraction of sp³-hybridized carbons (Fsp3) is 0.308. The Bertz CT molecular complexity index is 1400. The van der Waals surface area contributed by atoms with Crippen LogP contribution in [0.3, 0.4) is 0 Å². The number of hydrogen-bond donors (Lipinski definition) is 2. The number of benzene rings is 1. The number of hydrogen-bond acceptors (Lipinski definition) is 8. The molecular weight excluding hydrogens is 496 g/mol. The molecule has 0 saturated carbocycles. The summed E-state index contributed by atoms with van der Waals surface area (Å²) in [5, 5.41) is 13.8. The molecule has 3 aromatic rings. The Morgan fingerprint density at radius 1 is 1.28 bits per heavy atom. The molecule has 0 radical (unpaired) electrons. The number of amides is 1. The van der Waals surface area contributed by atoms with Crippen molar-refractivity contribution in [2.24, 2.45) is 0 Å². The number of aliphatic hydroxyl groups is 1. The third-order valence-corrected chi connectivity index (χ3v) is 7.67. The van der Waals surface area contributed by atoms with Crippen LogP contribution in [0.25, 0.3) is 11.7 Å². The van der Waals surface area contributed by atoms with Crippen molar-refractivity contribution in [3.8, 4) is 0 Å². The van der Waals surface area contributed by atoms with Crippen molar-refractivity contribution in [1.29, 1.82) is 0 Å². The van der Waals surface area contributed by atoms with Crippen molar-refractivity contribution < 1.29 is 14.6 Å². The lowest BCUT2D eigenvalue weighted by atomic mass is 10.1. The quantitative estimate of drug-likeness (QED) is 0.360. The lowest BCUT2D eigenvalue weighted by Gasteiger charge is -2.18. The lowest BCUT2D eigenvalue weighted by molar-refractivity contribution is -0.123. The minimum absolute atomic E-state index is 0.0283. The Balaban J connectivity index is 1.50. The van der Waals surface area contributed by atoms with Gasteiger partial charge in [-0.05, 0) is 43.0 Å². The van der Waals surface area contributed by atoms with Crippen LogP contribution in [0.1, 0.15) is 35.6 Å². The van der Waals surface area contributed by atoms with Gasteiger partial charge in [0.15, 0.2) is 0 Å². The number of nitrogens with zero attached hydrogens (tertiary/aromatic N) is 3. The highest BCUT2D eigenvalue weighted by molar-refractivity contribution is 8.26. The molecule has 5 rings (SSSR count). The fourth-order valence-corrected chi connectivity index (χ4v) is 5.60. The van der Waals surface area contributed by atoms with Gasteiger partial charge in [-0.15, -0.1) is 0 Å². The summed E-state index contributed by atoms with van der Waals surface area (Å²) in [7, 11) is 0. The standard InChI is InChI=1S/C26H26N4O4S2/c1-16-7-5-11-29-23(16)28-22(27-14-20(31)17-8-3-2-4-9-17)19(24(29)32)13-21-25(33)30(26(35)36-21)15-18-10-6-12-34-18/h2-5,7-9,11,13,18,20,27,31H,6,10,12,14-15H2,1H3/b21-13-/t18-,20-/m0/s1. The molecule has 2 aliphatic heterocycles. The largest absolute Gasteiger partial charge is 0.387 e. The highest BCUT2D eigenvalue weighted by atomic mass is 32.2. The first kappa shape index (κ1) is 24.6. The first-order chi connectivity index (χ1) is 17.4. The van der Waals surface area contributed by atoms with Crippen LogP contribution in [0.5, 0.6) is 0 Å². The first-order valence-electron chi connectivity index (χ1n) is 11.8. The van der Waals surface area contributed by atoms with Gasteiger partial charge >= 0.3 is 0 Å². The fourth-order valence-electron chi connectivity index (χ4n) is 4.34. The molecule has 36 heavy (non-hydrogen) atoms. The summed E-state index contributed by atoms with van der Waals surface area (Å²) in [6, 6.07) is 12.9. The van der Waals surface area contributed by atoms with Gasteiger partial charge in [-0.1, -0.05) is 60.4 Å². The smallest absolute Gasteiger partial charge is 0.267 e. The van der Waals surface area contributed by atoms with Gasteiger partial charge in [-0.2, -0.15) is 0 Å². The molecule has 4 heterocycles. The molecule has 2 saturated heterocycles. The zero-order valence-corrected chi connectivity index (χ0v) is 21.3. The van der Waals surface area contributed by atoms with Gasteiger partial charge in [0.25, 0.3) is 11.5 Å². The minimum Gasteiger partial charge on any atom is -0.387 e. The van der Waals surface area contributed by atoms with Crippen molar-refractivity contribution in [2.45, 2.75) is 32.0 Å². The highest BCUT2D eigenvalue weighted by Gasteiger charge is 2.35. The van der Waals surface area contributed by atoms with E-state index in [2.05, 4.69) is 5.32 Å². The van der Waals surface area contributed by atoms with Crippen molar-refractivity contribution >= 4 is 51.7 Å². The predicted octanol–water partition coefficient (Wildman–Crippen LogP) is 3.53. The Kier molecular flexibility index (Phi) is 7.20. The maximum atomic E-state index is 13.5. The summed E-state index contributed by atoms with van der Waals surface area (Å²) in [6.07, 6.45) is 4.23. The first-order valence-corrected chi connectivity index (χ1v) is 13.0. The molecule has 0 aliphatic carbocycles. The summed E-state index contributed by atoms with van der Waals surface area (Å²) in [5.74, 6) is 0.0539. The molecule has 2 fully saturated rings. The SMILES string of the molecule is Cc1cccn2c(=O)c(/C=C3\SC(=S)N(C[C@@H]4CCCO4)C3=O)c(NC[C@H](O)c3ccccc3)nc12. The molecule has 186 valence electrons. The molecule has 1 amide bonds. The second kappa shape index (κ2) is 10.5. The van der Waals surface area contributed by atoms with E-state index < -0.39 is 6.10 Å². The average molecular weight is 523 g/mol. The van der Waals surface area contributed by atoms with Crippen molar-refractivity contribution in [3.63, 3.8) is 0 Å². The van der Waals surface area contributed by atoms with Gasteiger partial charge in [-0.3, -0.25) is 18.9 Å². The summed E-state index contributed by atoms with van der Waals surface area (Å²) >= 11 is 6.64. The van der Waals surface area contributed by atoms with E-state index >= 15 is 0 Å². The van der Waals surface area contributed by atoms with Crippen molar-refractivity contribution in [2.75, 3.05) is 25.0 Å². The van der Waals surface area contributed by atoms with Gasteiger partial charge in [-0.25, -0.2) is 4.98 Å². The Morgan fingerprint density at radius 2 is 2.08 bits per heavy atom. The molecule has 0 bridgehead atoms. The van der Waals surface area contributed by atoms with Gasteiger partial charge in [0.05, 0.1) is 29.2 Å². The number of thiocarbonyl (C=S) groups is 1. The van der Waals surface area contributed by atoms with E-state index in [1.165, 1.54) is 16.2 Å². The third-order valence-electron chi connectivity index (χ3n) is 6.29. The molecule has 2 aliphatic rings. The third kappa shape index (κ3) is 4.94. The van der Waals surface area contributed by atoms with E-state index in [9.17, 15) is 14.7 Å². The van der Waals surface area contributed by atoms with Crippen LogP contribution >= 0.6 is 24.0 Å². The predicted molar refractivity (Wildman–Crippen MR) is 145 cm³/mol. The maximum Gasteiger partial charge on any atom is 0.267 e. The van der Waals surface area contributed by atoms with Crippen LogP contribution in [-0.2, 0) is 9.53 Å². The van der Waals surface area contributed by atoms with E-state index in [0.717, 1.165) is 24.0 Å². The number of rotatable bonds is 7. The molecule has 8 nitrogen and oxygen atoms in total. The summed E-state index contributed by atoms with van der Waals surface area (Å²) in [4.78, 5) is 33.3. The highest BCUT2D eigenvalue weighted by Crippen LogP contribution is 2.34. The topological polar surface area (TPSA) is 96.2 Å². The van der Waals surface area contributed by atoms with Crippen molar-refractivity contribution in [1.82, 2.24) is 14.3 Å². The van der Waals surface area contributed by atoms with E-state index in [4.69, 9.17) is 21.9 Å². The lowest BCUT2D eigenvalue weighted by Crippen LogP contribution is -2.35. The number of carbonyl (C=O) groups is 1. The van der Waals surface area contributed by atoms with Crippen LogP contribution in [0.4, 0.5) is 5.82 Å². The molecule has 0 spiro atoms. The maximum absolute atomic E-state index is 13.5. The summed E-state index contributed by atoms with van der Waals surface area (Å²) < 4.78 is 7.58. The Hall–Kier alpha value is -3.05. The van der Waals surface area contributed by atoms with Crippen LogP contribution in [0.15, 0.2) is 58.4 Å². The Morgan fingerprint density at radius 3 is 2.83 bits per heavy atom. The van der Waals surface area contributed by atoms with Gasteiger partial charge in [0.2, 0.25) is 0 Å². The normalized spacial score (nSPS) is 20.0. The minimum atomic E-state index is -0.805.